The van der Waals surface area contributed by atoms with Crippen molar-refractivity contribution < 1.29 is 18.0 Å². The lowest BCUT2D eigenvalue weighted by atomic mass is 10.2. The van der Waals surface area contributed by atoms with Crippen LogP contribution in [0.15, 0.2) is 0 Å². The molecule has 0 spiro atoms. The van der Waals surface area contributed by atoms with Gasteiger partial charge >= 0.3 is 0 Å². The molecule has 0 heterocycles. The molecule has 6 nitrogen and oxygen atoms in total. The van der Waals surface area contributed by atoms with E-state index in [0.717, 1.165) is 31.9 Å². The molecule has 1 unspecified atom stereocenters. The first-order valence-corrected chi connectivity index (χ1v) is 7.83. The van der Waals surface area contributed by atoms with Crippen molar-refractivity contribution >= 4 is 15.7 Å². The topological polar surface area (TPSA) is 98.5 Å². The predicted octanol–water partition coefficient (Wildman–Crippen LogP) is -0.261. The Hall–Kier alpha value is -0.660. The Labute approximate surface area is 102 Å². The molecular formula is C10H20N2O4S. The molecule has 100 valence electrons. The Kier molecular flexibility index (Phi) is 5.35. The smallest absolute Gasteiger partial charge is 0.260 e. The highest BCUT2D eigenvalue weighted by Gasteiger charge is 2.20. The number of nitrogens with one attached hydrogen (secondary N) is 1. The van der Waals surface area contributed by atoms with Gasteiger partial charge in [0.05, 0.1) is 17.9 Å². The summed E-state index contributed by atoms with van der Waals surface area (Å²) in [4.78, 5) is 16.6. The molecule has 17 heavy (non-hydrogen) atoms. The molecule has 1 rings (SSSR count). The highest BCUT2D eigenvalue weighted by atomic mass is 32.2. The molecule has 0 aromatic carbocycles. The molecule has 0 aromatic rings. The lowest BCUT2D eigenvalue weighted by Crippen LogP contribution is -2.42. The standard InChI is InChI=1S/C10H20N2O4S/c1-17(14,15)7-6-9(11)10(13)12-16-8-4-2-3-5-8/h8-9H,2-7,11H2,1H3,(H,12,13). The first-order chi connectivity index (χ1) is 7.88. The van der Waals surface area contributed by atoms with E-state index in [1.807, 2.05) is 0 Å². The second-order valence-electron chi connectivity index (χ2n) is 4.52. The number of hydroxylamine groups is 1. The average Bonchev–Trinajstić information content (AvgIpc) is 2.74. The fourth-order valence-electron chi connectivity index (χ4n) is 1.70. The summed E-state index contributed by atoms with van der Waals surface area (Å²) in [7, 11) is -3.08. The lowest BCUT2D eigenvalue weighted by Gasteiger charge is -2.14. The SMILES string of the molecule is CS(=O)(=O)CCC(N)C(=O)NOC1CCCC1. The van der Waals surface area contributed by atoms with E-state index in [2.05, 4.69) is 5.48 Å². The van der Waals surface area contributed by atoms with Crippen molar-refractivity contribution in [1.29, 1.82) is 0 Å². The average molecular weight is 264 g/mol. The number of sulfone groups is 1. The zero-order chi connectivity index (χ0) is 12.9. The van der Waals surface area contributed by atoms with Crippen molar-refractivity contribution in [3.63, 3.8) is 0 Å². The zero-order valence-electron chi connectivity index (χ0n) is 10.0. The van der Waals surface area contributed by atoms with Crippen LogP contribution in [0.5, 0.6) is 0 Å². The summed E-state index contributed by atoms with van der Waals surface area (Å²) >= 11 is 0. The normalized spacial score (nSPS) is 19.2. The number of amides is 1. The molecule has 0 saturated heterocycles. The van der Waals surface area contributed by atoms with Gasteiger partial charge in [0.1, 0.15) is 9.84 Å². The molecule has 0 bridgehead atoms. The van der Waals surface area contributed by atoms with Crippen molar-refractivity contribution in [2.24, 2.45) is 5.73 Å². The molecule has 1 atom stereocenters. The third kappa shape index (κ3) is 5.99. The van der Waals surface area contributed by atoms with E-state index in [1.54, 1.807) is 0 Å². The van der Waals surface area contributed by atoms with E-state index in [-0.39, 0.29) is 18.3 Å². The second-order valence-corrected chi connectivity index (χ2v) is 6.78. The van der Waals surface area contributed by atoms with Crippen LogP contribution in [0, 0.1) is 0 Å². The fourth-order valence-corrected chi connectivity index (χ4v) is 2.38. The molecule has 0 radical (unpaired) electrons. The minimum Gasteiger partial charge on any atom is -0.320 e. The highest BCUT2D eigenvalue weighted by Crippen LogP contribution is 2.19. The Bertz CT molecular complexity index is 349. The molecular weight excluding hydrogens is 244 g/mol. The molecule has 0 aliphatic heterocycles. The van der Waals surface area contributed by atoms with Gasteiger partial charge < -0.3 is 5.73 Å². The maximum atomic E-state index is 11.5. The number of hydrogen-bond donors (Lipinski definition) is 2. The Morgan fingerprint density at radius 3 is 2.59 bits per heavy atom. The van der Waals surface area contributed by atoms with Crippen molar-refractivity contribution in [2.75, 3.05) is 12.0 Å². The summed E-state index contributed by atoms with van der Waals surface area (Å²) in [5.41, 5.74) is 7.85. The van der Waals surface area contributed by atoms with Gasteiger partial charge in [-0.1, -0.05) is 12.8 Å². The van der Waals surface area contributed by atoms with Gasteiger partial charge in [-0.3, -0.25) is 9.63 Å². The zero-order valence-corrected chi connectivity index (χ0v) is 10.8. The van der Waals surface area contributed by atoms with E-state index in [4.69, 9.17) is 10.6 Å². The number of carbonyl (C=O) groups is 1. The molecule has 1 fully saturated rings. The Morgan fingerprint density at radius 1 is 1.47 bits per heavy atom. The van der Waals surface area contributed by atoms with Gasteiger partial charge in [0, 0.05) is 6.26 Å². The molecule has 1 aliphatic rings. The van der Waals surface area contributed by atoms with Crippen LogP contribution < -0.4 is 11.2 Å². The van der Waals surface area contributed by atoms with Crippen LogP contribution in [0.25, 0.3) is 0 Å². The van der Waals surface area contributed by atoms with E-state index in [0.29, 0.717) is 0 Å². The maximum absolute atomic E-state index is 11.5. The van der Waals surface area contributed by atoms with E-state index < -0.39 is 21.8 Å². The first-order valence-electron chi connectivity index (χ1n) is 5.77. The van der Waals surface area contributed by atoms with Gasteiger partial charge in [-0.15, -0.1) is 0 Å². The monoisotopic (exact) mass is 264 g/mol. The van der Waals surface area contributed by atoms with Gasteiger partial charge in [-0.25, -0.2) is 13.9 Å². The summed E-state index contributed by atoms with van der Waals surface area (Å²) < 4.78 is 21.8. The summed E-state index contributed by atoms with van der Waals surface area (Å²) in [6.45, 7) is 0. The van der Waals surface area contributed by atoms with Crippen molar-refractivity contribution in [3.05, 3.63) is 0 Å². The number of hydrogen-bond acceptors (Lipinski definition) is 5. The van der Waals surface area contributed by atoms with Crippen LogP contribution in [0.4, 0.5) is 0 Å². The van der Waals surface area contributed by atoms with Crippen molar-refractivity contribution in [2.45, 2.75) is 44.2 Å². The Balaban J connectivity index is 2.21. The lowest BCUT2D eigenvalue weighted by molar-refractivity contribution is -0.139. The van der Waals surface area contributed by atoms with Crippen LogP contribution in [0.3, 0.4) is 0 Å². The van der Waals surface area contributed by atoms with Gasteiger partial charge in [-0.2, -0.15) is 0 Å². The highest BCUT2D eigenvalue weighted by molar-refractivity contribution is 7.90. The first kappa shape index (κ1) is 14.4. The minimum absolute atomic E-state index is 0.0704. The van der Waals surface area contributed by atoms with Gasteiger partial charge in [-0.05, 0) is 19.3 Å². The third-order valence-electron chi connectivity index (χ3n) is 2.76. The van der Waals surface area contributed by atoms with Crippen LogP contribution in [0.2, 0.25) is 0 Å². The molecule has 1 aliphatic carbocycles. The van der Waals surface area contributed by atoms with Gasteiger partial charge in [0.15, 0.2) is 0 Å². The largest absolute Gasteiger partial charge is 0.320 e. The van der Waals surface area contributed by atoms with Crippen LogP contribution in [0.1, 0.15) is 32.1 Å². The second kappa shape index (κ2) is 6.32. The van der Waals surface area contributed by atoms with E-state index in [1.165, 1.54) is 0 Å². The quantitative estimate of drug-likeness (QED) is 0.644. The van der Waals surface area contributed by atoms with Crippen molar-refractivity contribution in [1.82, 2.24) is 5.48 Å². The van der Waals surface area contributed by atoms with E-state index >= 15 is 0 Å². The summed E-state index contributed by atoms with van der Waals surface area (Å²) in [5.74, 6) is -0.550. The summed E-state index contributed by atoms with van der Waals surface area (Å²) in [5, 5.41) is 0. The van der Waals surface area contributed by atoms with Crippen LogP contribution in [-0.2, 0) is 19.5 Å². The molecule has 0 aromatic heterocycles. The van der Waals surface area contributed by atoms with Gasteiger partial charge in [0.2, 0.25) is 0 Å². The molecule has 7 heteroatoms. The number of carbonyl (C=O) groups excluding carboxylic acids is 1. The third-order valence-corrected chi connectivity index (χ3v) is 3.74. The summed E-state index contributed by atoms with van der Waals surface area (Å²) in [6, 6.07) is -0.842. The number of rotatable bonds is 6. The van der Waals surface area contributed by atoms with Crippen molar-refractivity contribution in [3.8, 4) is 0 Å². The van der Waals surface area contributed by atoms with Crippen LogP contribution in [-0.4, -0.2) is 38.5 Å². The molecule has 3 N–H and O–H groups in total. The summed E-state index contributed by atoms with van der Waals surface area (Å²) in [6.07, 6.45) is 5.41. The van der Waals surface area contributed by atoms with Crippen LogP contribution >= 0.6 is 0 Å². The predicted molar refractivity (Wildman–Crippen MR) is 63.8 cm³/mol. The molecule has 1 amide bonds. The number of nitrogens with two attached hydrogens (primary N) is 1. The maximum Gasteiger partial charge on any atom is 0.260 e. The van der Waals surface area contributed by atoms with Gasteiger partial charge in [0.25, 0.3) is 5.91 Å². The minimum atomic E-state index is -3.08. The fraction of sp³-hybridized carbons (Fsp3) is 0.900. The Morgan fingerprint density at radius 2 is 2.06 bits per heavy atom. The van der Waals surface area contributed by atoms with E-state index in [9.17, 15) is 13.2 Å². The molecule has 1 saturated carbocycles.